The van der Waals surface area contributed by atoms with Gasteiger partial charge in [-0.1, -0.05) is 18.2 Å². The average Bonchev–Trinajstić information content (AvgIpc) is 3.00. The number of nitrogens with zero attached hydrogens (tertiary/aromatic N) is 3. The lowest BCUT2D eigenvalue weighted by molar-refractivity contribution is 0.417. The van der Waals surface area contributed by atoms with Crippen LogP contribution >= 0.6 is 0 Å². The molecule has 0 saturated carbocycles. The predicted octanol–water partition coefficient (Wildman–Crippen LogP) is 4.28. The van der Waals surface area contributed by atoms with Crippen LogP contribution in [0, 0.1) is 6.92 Å². The highest BCUT2D eigenvalue weighted by atomic mass is 16.5. The fourth-order valence-electron chi connectivity index (χ4n) is 3.25. The lowest BCUT2D eigenvalue weighted by Crippen LogP contribution is -2.02. The van der Waals surface area contributed by atoms with Gasteiger partial charge in [-0.15, -0.1) is 0 Å². The van der Waals surface area contributed by atoms with Crippen LogP contribution in [0.2, 0.25) is 0 Å². The van der Waals surface area contributed by atoms with E-state index in [0.29, 0.717) is 17.4 Å². The SMILES string of the molecule is COc1ccc(N)cc1Nc1ncc(C)c(-c2cn(C)c3ccccc23)n1. The number of benzene rings is 2. The summed E-state index contributed by atoms with van der Waals surface area (Å²) in [5, 5.41) is 4.38. The molecule has 2 heterocycles. The molecule has 0 fully saturated rings. The minimum absolute atomic E-state index is 0.493. The van der Waals surface area contributed by atoms with Gasteiger partial charge in [0.1, 0.15) is 5.75 Å². The number of para-hydroxylation sites is 1. The van der Waals surface area contributed by atoms with Gasteiger partial charge in [-0.05, 0) is 36.8 Å². The van der Waals surface area contributed by atoms with E-state index in [9.17, 15) is 0 Å². The third-order valence-corrected chi connectivity index (χ3v) is 4.59. The number of hydrogen-bond acceptors (Lipinski definition) is 5. The zero-order valence-corrected chi connectivity index (χ0v) is 15.5. The third-order valence-electron chi connectivity index (χ3n) is 4.59. The first-order valence-electron chi connectivity index (χ1n) is 8.65. The lowest BCUT2D eigenvalue weighted by Gasteiger charge is -2.12. The molecule has 0 bridgehead atoms. The molecule has 0 aliphatic rings. The number of hydrogen-bond donors (Lipinski definition) is 2. The molecule has 0 aliphatic carbocycles. The van der Waals surface area contributed by atoms with Gasteiger partial charge in [-0.3, -0.25) is 0 Å². The Kier molecular flexibility index (Phi) is 4.16. The molecule has 6 heteroatoms. The van der Waals surface area contributed by atoms with E-state index in [2.05, 4.69) is 33.2 Å². The van der Waals surface area contributed by atoms with Crippen molar-refractivity contribution < 1.29 is 4.74 Å². The Morgan fingerprint density at radius 1 is 1.15 bits per heavy atom. The molecule has 136 valence electrons. The molecule has 0 saturated heterocycles. The van der Waals surface area contributed by atoms with Crippen molar-refractivity contribution in [1.29, 1.82) is 0 Å². The molecular formula is C21H21N5O. The summed E-state index contributed by atoms with van der Waals surface area (Å²) in [5.41, 5.74) is 11.4. The third kappa shape index (κ3) is 3.06. The Morgan fingerprint density at radius 2 is 1.96 bits per heavy atom. The number of nitrogens with one attached hydrogen (secondary N) is 1. The Balaban J connectivity index is 1.80. The molecule has 0 radical (unpaired) electrons. The van der Waals surface area contributed by atoms with Gasteiger partial charge in [0.15, 0.2) is 0 Å². The van der Waals surface area contributed by atoms with Crippen LogP contribution in [-0.4, -0.2) is 21.6 Å². The van der Waals surface area contributed by atoms with Crippen molar-refractivity contribution in [1.82, 2.24) is 14.5 Å². The molecule has 0 amide bonds. The normalized spacial score (nSPS) is 10.9. The number of aryl methyl sites for hydroxylation is 2. The van der Waals surface area contributed by atoms with Gasteiger partial charge < -0.3 is 20.4 Å². The van der Waals surface area contributed by atoms with Gasteiger partial charge in [-0.25, -0.2) is 9.97 Å². The Bertz CT molecular complexity index is 1130. The molecule has 2 aromatic heterocycles. The first-order valence-corrected chi connectivity index (χ1v) is 8.65. The summed E-state index contributed by atoms with van der Waals surface area (Å²) in [5.74, 6) is 1.17. The second-order valence-corrected chi connectivity index (χ2v) is 6.48. The Morgan fingerprint density at radius 3 is 2.78 bits per heavy atom. The summed E-state index contributed by atoms with van der Waals surface area (Å²) in [6, 6.07) is 13.7. The fraction of sp³-hybridized carbons (Fsp3) is 0.143. The quantitative estimate of drug-likeness (QED) is 0.532. The van der Waals surface area contributed by atoms with E-state index >= 15 is 0 Å². The van der Waals surface area contributed by atoms with Crippen molar-refractivity contribution >= 4 is 28.2 Å². The largest absolute Gasteiger partial charge is 0.495 e. The van der Waals surface area contributed by atoms with Crippen LogP contribution in [-0.2, 0) is 7.05 Å². The zero-order valence-electron chi connectivity index (χ0n) is 15.5. The van der Waals surface area contributed by atoms with E-state index in [1.165, 1.54) is 0 Å². The van der Waals surface area contributed by atoms with Gasteiger partial charge in [-0.2, -0.15) is 0 Å². The Labute approximate surface area is 157 Å². The molecule has 27 heavy (non-hydrogen) atoms. The highest BCUT2D eigenvalue weighted by molar-refractivity contribution is 5.95. The van der Waals surface area contributed by atoms with Crippen LogP contribution in [0.1, 0.15) is 5.56 Å². The monoisotopic (exact) mass is 359 g/mol. The number of methoxy groups -OCH3 is 1. The van der Waals surface area contributed by atoms with E-state index in [1.807, 2.05) is 38.4 Å². The second kappa shape index (κ2) is 6.64. The van der Waals surface area contributed by atoms with Crippen LogP contribution in [0.15, 0.2) is 54.9 Å². The van der Waals surface area contributed by atoms with E-state index in [0.717, 1.165) is 33.4 Å². The molecule has 3 N–H and O–H groups in total. The topological polar surface area (TPSA) is 78.0 Å². The summed E-state index contributed by atoms with van der Waals surface area (Å²) in [7, 11) is 3.66. The van der Waals surface area contributed by atoms with Crippen LogP contribution in [0.5, 0.6) is 5.75 Å². The van der Waals surface area contributed by atoms with Gasteiger partial charge in [0, 0.05) is 41.6 Å². The van der Waals surface area contributed by atoms with Crippen LogP contribution < -0.4 is 15.8 Å². The van der Waals surface area contributed by atoms with Crippen molar-refractivity contribution in [2.45, 2.75) is 6.92 Å². The number of anilines is 3. The lowest BCUT2D eigenvalue weighted by atomic mass is 10.1. The Hall–Kier alpha value is -3.54. The van der Waals surface area contributed by atoms with E-state index in [4.69, 9.17) is 15.5 Å². The number of nitrogens with two attached hydrogens (primary N) is 1. The van der Waals surface area contributed by atoms with Gasteiger partial charge in [0.2, 0.25) is 5.95 Å². The smallest absolute Gasteiger partial charge is 0.227 e. The maximum absolute atomic E-state index is 5.91. The minimum Gasteiger partial charge on any atom is -0.495 e. The van der Waals surface area contributed by atoms with Crippen LogP contribution in [0.4, 0.5) is 17.3 Å². The predicted molar refractivity (Wildman–Crippen MR) is 109 cm³/mol. The average molecular weight is 359 g/mol. The first-order chi connectivity index (χ1) is 13.1. The number of rotatable bonds is 4. The minimum atomic E-state index is 0.493. The summed E-state index contributed by atoms with van der Waals surface area (Å²) in [4.78, 5) is 9.20. The van der Waals surface area contributed by atoms with Crippen molar-refractivity contribution in [3.63, 3.8) is 0 Å². The molecular weight excluding hydrogens is 338 g/mol. The summed E-state index contributed by atoms with van der Waals surface area (Å²) in [6.45, 7) is 2.02. The van der Waals surface area contributed by atoms with E-state index < -0.39 is 0 Å². The molecule has 4 aromatic rings. The summed E-state index contributed by atoms with van der Waals surface area (Å²) >= 11 is 0. The zero-order chi connectivity index (χ0) is 19.0. The van der Waals surface area contributed by atoms with Gasteiger partial charge in [0.25, 0.3) is 0 Å². The highest BCUT2D eigenvalue weighted by Gasteiger charge is 2.14. The second-order valence-electron chi connectivity index (χ2n) is 6.48. The molecule has 6 nitrogen and oxygen atoms in total. The number of fused-ring (bicyclic) bond motifs is 1. The van der Waals surface area contributed by atoms with Gasteiger partial charge in [0.05, 0.1) is 18.5 Å². The maximum atomic E-state index is 5.91. The van der Waals surface area contributed by atoms with Crippen LogP contribution in [0.3, 0.4) is 0 Å². The molecule has 0 unspecified atom stereocenters. The van der Waals surface area contributed by atoms with Gasteiger partial charge >= 0.3 is 0 Å². The molecule has 0 atom stereocenters. The van der Waals surface area contributed by atoms with E-state index in [1.54, 1.807) is 19.2 Å². The van der Waals surface area contributed by atoms with Crippen molar-refractivity contribution in [2.75, 3.05) is 18.2 Å². The summed E-state index contributed by atoms with van der Waals surface area (Å²) < 4.78 is 7.51. The van der Waals surface area contributed by atoms with Crippen molar-refractivity contribution in [2.24, 2.45) is 7.05 Å². The maximum Gasteiger partial charge on any atom is 0.227 e. The molecule has 2 aromatic carbocycles. The molecule has 4 rings (SSSR count). The van der Waals surface area contributed by atoms with Crippen molar-refractivity contribution in [3.8, 4) is 17.0 Å². The number of nitrogen functional groups attached to an aromatic ring is 1. The van der Waals surface area contributed by atoms with Crippen LogP contribution in [0.25, 0.3) is 22.2 Å². The molecule has 0 spiro atoms. The first kappa shape index (κ1) is 16.9. The fourth-order valence-corrected chi connectivity index (χ4v) is 3.25. The van der Waals surface area contributed by atoms with E-state index in [-0.39, 0.29) is 0 Å². The highest BCUT2D eigenvalue weighted by Crippen LogP contribution is 2.33. The van der Waals surface area contributed by atoms with Crippen molar-refractivity contribution in [3.05, 3.63) is 60.4 Å². The molecule has 0 aliphatic heterocycles. The number of aromatic nitrogens is 3. The summed E-state index contributed by atoms with van der Waals surface area (Å²) in [6.07, 6.45) is 3.93. The standard InChI is InChI=1S/C21H21N5O/c1-13-11-23-21(24-17-10-14(22)8-9-19(17)27-3)25-20(13)16-12-26(2)18-7-5-4-6-15(16)18/h4-12H,22H2,1-3H3,(H,23,24,25). The number of ether oxygens (including phenoxy) is 1.